The van der Waals surface area contributed by atoms with E-state index in [1.807, 2.05) is 16.8 Å². The highest BCUT2D eigenvalue weighted by molar-refractivity contribution is 7.08. The van der Waals surface area contributed by atoms with E-state index in [0.717, 1.165) is 5.69 Å². The van der Waals surface area contributed by atoms with Crippen molar-refractivity contribution in [2.45, 2.75) is 25.8 Å². The fourth-order valence-electron chi connectivity index (χ4n) is 3.96. The number of likely N-dealkylation sites (tertiary alicyclic amines) is 1. The number of hydrogen-bond acceptors (Lipinski definition) is 6. The molecule has 0 saturated carbocycles. The molecule has 9 heteroatoms. The Morgan fingerprint density at radius 2 is 2.15 bits per heavy atom. The van der Waals surface area contributed by atoms with E-state index in [1.165, 1.54) is 18.3 Å². The summed E-state index contributed by atoms with van der Waals surface area (Å²) in [5.41, 5.74) is 0.515. The van der Waals surface area contributed by atoms with Gasteiger partial charge in [0.05, 0.1) is 17.8 Å². The minimum atomic E-state index is -0.587. The Morgan fingerprint density at radius 3 is 2.78 bits per heavy atom. The summed E-state index contributed by atoms with van der Waals surface area (Å²) in [6.45, 7) is 4.48. The summed E-state index contributed by atoms with van der Waals surface area (Å²) < 4.78 is 5.01. The smallest absolute Gasteiger partial charge is 0.276 e. The Labute approximate surface area is 160 Å². The quantitative estimate of drug-likeness (QED) is 0.779. The number of hydrogen-bond donors (Lipinski definition) is 0. The average Bonchev–Trinajstić information content (AvgIpc) is 3.37. The number of rotatable bonds is 2. The predicted octanol–water partition coefficient (Wildman–Crippen LogP) is 1.52. The van der Waals surface area contributed by atoms with Gasteiger partial charge in [-0.25, -0.2) is 0 Å². The van der Waals surface area contributed by atoms with Gasteiger partial charge in [0.2, 0.25) is 11.8 Å². The van der Waals surface area contributed by atoms with Gasteiger partial charge in [-0.15, -0.1) is 0 Å². The van der Waals surface area contributed by atoms with Crippen molar-refractivity contribution >= 4 is 34.7 Å². The van der Waals surface area contributed by atoms with E-state index in [1.54, 1.807) is 27.7 Å². The number of thiophene rings is 1. The van der Waals surface area contributed by atoms with Crippen molar-refractivity contribution < 1.29 is 18.9 Å². The van der Waals surface area contributed by atoms with E-state index < -0.39 is 5.54 Å². The van der Waals surface area contributed by atoms with Gasteiger partial charge in [-0.3, -0.25) is 14.4 Å². The lowest BCUT2D eigenvalue weighted by atomic mass is 9.92. The lowest BCUT2D eigenvalue weighted by Gasteiger charge is -2.47. The Kier molecular flexibility index (Phi) is 4.26. The molecule has 2 aliphatic heterocycles. The number of nitrogens with zero attached hydrogens (tertiary/aromatic N) is 4. The molecule has 0 bridgehead atoms. The van der Waals surface area contributed by atoms with Gasteiger partial charge in [-0.1, -0.05) is 5.16 Å². The van der Waals surface area contributed by atoms with Gasteiger partial charge in [0.25, 0.3) is 5.91 Å². The molecular weight excluding hydrogens is 368 g/mol. The first kappa shape index (κ1) is 17.7. The predicted molar refractivity (Wildman–Crippen MR) is 98.6 cm³/mol. The van der Waals surface area contributed by atoms with Crippen molar-refractivity contribution in [3.05, 3.63) is 34.3 Å². The Bertz CT molecular complexity index is 893. The van der Waals surface area contributed by atoms with Crippen molar-refractivity contribution in [1.82, 2.24) is 15.0 Å². The van der Waals surface area contributed by atoms with Crippen LogP contribution < -0.4 is 4.90 Å². The molecule has 2 fully saturated rings. The fourth-order valence-corrected chi connectivity index (χ4v) is 4.60. The molecule has 0 radical (unpaired) electrons. The second-order valence-electron chi connectivity index (χ2n) is 7.09. The molecule has 1 atom stereocenters. The number of anilines is 1. The van der Waals surface area contributed by atoms with Crippen LogP contribution in [-0.2, 0) is 9.59 Å². The number of carbonyl (C=O) groups excluding carboxylic acids is 3. The summed E-state index contributed by atoms with van der Waals surface area (Å²) in [6, 6.07) is 3.51. The molecular formula is C18H20N4O4S. The van der Waals surface area contributed by atoms with Gasteiger partial charge in [0, 0.05) is 31.5 Å². The first-order valence-corrected chi connectivity index (χ1v) is 9.67. The summed E-state index contributed by atoms with van der Waals surface area (Å²) in [4.78, 5) is 42.7. The topological polar surface area (TPSA) is 87.0 Å². The monoisotopic (exact) mass is 388 g/mol. The summed E-state index contributed by atoms with van der Waals surface area (Å²) >= 11 is 1.52. The van der Waals surface area contributed by atoms with Crippen LogP contribution in [0.2, 0.25) is 0 Å². The van der Waals surface area contributed by atoms with Gasteiger partial charge >= 0.3 is 0 Å². The number of amides is 3. The van der Waals surface area contributed by atoms with E-state index in [2.05, 4.69) is 5.16 Å². The standard InChI is InChI=1S/C18H20N4O4S/c1-12-7-15(19-26-12)17(25)20-5-4-18(10-20)11-21(14-3-6-27-9-14)16(24)8-22(18)13(2)23/h3,6-7,9H,4-5,8,10-11H2,1-2H3/t18-/m1/s1. The van der Waals surface area contributed by atoms with Crippen molar-refractivity contribution in [2.24, 2.45) is 0 Å². The summed E-state index contributed by atoms with van der Waals surface area (Å²) in [6.07, 6.45) is 0.614. The third-order valence-corrected chi connectivity index (χ3v) is 5.95. The Hall–Kier alpha value is -2.68. The molecule has 27 heavy (non-hydrogen) atoms. The van der Waals surface area contributed by atoms with Crippen LogP contribution in [0.3, 0.4) is 0 Å². The molecule has 4 heterocycles. The van der Waals surface area contributed by atoms with Crippen molar-refractivity contribution in [3.8, 4) is 0 Å². The van der Waals surface area contributed by atoms with Gasteiger partial charge < -0.3 is 19.2 Å². The van der Waals surface area contributed by atoms with Crippen LogP contribution >= 0.6 is 11.3 Å². The van der Waals surface area contributed by atoms with Crippen LogP contribution in [0.25, 0.3) is 0 Å². The minimum Gasteiger partial charge on any atom is -0.361 e. The van der Waals surface area contributed by atoms with Gasteiger partial charge in [-0.2, -0.15) is 11.3 Å². The van der Waals surface area contributed by atoms with Crippen molar-refractivity contribution in [2.75, 3.05) is 31.1 Å². The second-order valence-corrected chi connectivity index (χ2v) is 7.87. The van der Waals surface area contributed by atoms with E-state index in [0.29, 0.717) is 31.8 Å². The maximum atomic E-state index is 12.8. The maximum absolute atomic E-state index is 12.8. The van der Waals surface area contributed by atoms with E-state index in [4.69, 9.17) is 4.52 Å². The van der Waals surface area contributed by atoms with Gasteiger partial charge in [0.15, 0.2) is 5.69 Å². The summed E-state index contributed by atoms with van der Waals surface area (Å²) in [5.74, 6) is 0.0988. The first-order chi connectivity index (χ1) is 12.9. The van der Waals surface area contributed by atoms with Crippen LogP contribution in [0.1, 0.15) is 29.6 Å². The van der Waals surface area contributed by atoms with Crippen LogP contribution in [0.4, 0.5) is 5.69 Å². The molecule has 2 saturated heterocycles. The molecule has 0 aromatic carbocycles. The lowest BCUT2D eigenvalue weighted by Crippen LogP contribution is -2.67. The largest absolute Gasteiger partial charge is 0.361 e. The highest BCUT2D eigenvalue weighted by Gasteiger charge is 2.51. The van der Waals surface area contributed by atoms with Crippen LogP contribution in [0.5, 0.6) is 0 Å². The summed E-state index contributed by atoms with van der Waals surface area (Å²) in [7, 11) is 0. The maximum Gasteiger partial charge on any atom is 0.276 e. The zero-order chi connectivity index (χ0) is 19.2. The summed E-state index contributed by atoms with van der Waals surface area (Å²) in [5, 5.41) is 7.65. The van der Waals surface area contributed by atoms with Crippen LogP contribution in [0.15, 0.2) is 27.4 Å². The molecule has 0 unspecified atom stereocenters. The molecule has 0 N–H and O–H groups in total. The zero-order valence-electron chi connectivity index (χ0n) is 15.2. The molecule has 3 amide bonds. The highest BCUT2D eigenvalue weighted by atomic mass is 32.1. The molecule has 8 nitrogen and oxygen atoms in total. The normalized spacial score (nSPS) is 22.7. The Morgan fingerprint density at radius 1 is 1.33 bits per heavy atom. The average molecular weight is 388 g/mol. The number of aryl methyl sites for hydroxylation is 1. The number of piperazine rings is 1. The third kappa shape index (κ3) is 3.01. The van der Waals surface area contributed by atoms with Gasteiger partial charge in [0.1, 0.15) is 12.3 Å². The first-order valence-electron chi connectivity index (χ1n) is 8.73. The van der Waals surface area contributed by atoms with Crippen LogP contribution in [-0.4, -0.2) is 64.4 Å². The van der Waals surface area contributed by atoms with Crippen molar-refractivity contribution in [1.29, 1.82) is 0 Å². The lowest BCUT2D eigenvalue weighted by molar-refractivity contribution is -0.142. The van der Waals surface area contributed by atoms with Gasteiger partial charge in [-0.05, 0) is 24.8 Å². The molecule has 2 aromatic rings. The van der Waals surface area contributed by atoms with Crippen molar-refractivity contribution in [3.63, 3.8) is 0 Å². The number of carbonyl (C=O) groups is 3. The molecule has 0 aliphatic carbocycles. The number of aromatic nitrogens is 1. The zero-order valence-corrected chi connectivity index (χ0v) is 16.0. The SMILES string of the molecule is CC(=O)N1CC(=O)N(c2ccsc2)C[C@]12CCN(C(=O)c1cc(C)on1)C2. The molecule has 2 aliphatic rings. The molecule has 142 valence electrons. The van der Waals surface area contributed by atoms with E-state index in [9.17, 15) is 14.4 Å². The van der Waals surface area contributed by atoms with E-state index >= 15 is 0 Å². The Balaban J connectivity index is 1.61. The fraction of sp³-hybridized carbons (Fsp3) is 0.444. The van der Waals surface area contributed by atoms with E-state index in [-0.39, 0.29) is 30.0 Å². The second kappa shape index (κ2) is 6.49. The van der Waals surface area contributed by atoms with Crippen LogP contribution in [0, 0.1) is 6.92 Å². The molecule has 2 aromatic heterocycles. The highest BCUT2D eigenvalue weighted by Crippen LogP contribution is 2.35. The molecule has 4 rings (SSSR count). The minimum absolute atomic E-state index is 0.0241. The third-order valence-electron chi connectivity index (χ3n) is 5.28. The molecule has 1 spiro atoms.